The van der Waals surface area contributed by atoms with Gasteiger partial charge in [0.05, 0.1) is 43.6 Å². The topological polar surface area (TPSA) is 74.3 Å². The first-order valence-electron chi connectivity index (χ1n) is 16.1. The summed E-state index contributed by atoms with van der Waals surface area (Å²) in [7, 11) is 3.23. The van der Waals surface area contributed by atoms with Crippen LogP contribution in [0, 0.1) is 17.8 Å². The molecule has 0 N–H and O–H groups in total. The molecule has 2 aromatic carbocycles. The third kappa shape index (κ3) is 5.97. The van der Waals surface area contributed by atoms with Crippen LogP contribution in [0.2, 0.25) is 5.02 Å². The van der Waals surface area contributed by atoms with Gasteiger partial charge in [0.1, 0.15) is 5.75 Å². The smallest absolute Gasteiger partial charge is 0.337 e. The number of allylic oxidation sites excluding steroid dienone is 1. The van der Waals surface area contributed by atoms with E-state index in [0.717, 1.165) is 74.5 Å². The number of esters is 2. The number of nitrogens with zero attached hydrogens (tertiary/aromatic N) is 1. The molecule has 7 nitrogen and oxygen atoms in total. The average Bonchev–Trinajstić information content (AvgIpc) is 3.18. The largest absolute Gasteiger partial charge is 0.490 e. The highest BCUT2D eigenvalue weighted by atomic mass is 35.5. The molecule has 1 heterocycles. The van der Waals surface area contributed by atoms with E-state index in [2.05, 4.69) is 23.1 Å². The van der Waals surface area contributed by atoms with Crippen LogP contribution in [0.1, 0.15) is 73.4 Å². The van der Waals surface area contributed by atoms with E-state index < -0.39 is 0 Å². The standard InChI is InChI=1S/C36H44ClNO6/c1-4-43-35(40)24-9-7-23(8-10-24)33(41-2)29-14-11-27(29)20-38-21-36(17-5-6-25-18-28(37)13-15-30(25)36)22-44-32-16-12-26(19-31(32)38)34(39)42-3/h7,12-13,15-16,18-19,24,27,29,33H,4-6,8-11,14,17,20-22H2,1-3H3/t24-,27-,29+,33?,36?/m0/s1. The minimum atomic E-state index is -0.351. The lowest BCUT2D eigenvalue weighted by molar-refractivity contribution is -0.148. The first-order valence-corrected chi connectivity index (χ1v) is 16.5. The maximum absolute atomic E-state index is 12.6. The zero-order valence-corrected chi connectivity index (χ0v) is 26.9. The van der Waals surface area contributed by atoms with Crippen LogP contribution in [0.25, 0.3) is 0 Å². The molecule has 236 valence electrons. The van der Waals surface area contributed by atoms with Crippen molar-refractivity contribution >= 4 is 29.2 Å². The highest BCUT2D eigenvalue weighted by molar-refractivity contribution is 6.30. The maximum atomic E-state index is 12.6. The summed E-state index contributed by atoms with van der Waals surface area (Å²) in [6.45, 7) is 4.49. The van der Waals surface area contributed by atoms with Gasteiger partial charge in [-0.15, -0.1) is 0 Å². The second-order valence-corrected chi connectivity index (χ2v) is 13.4. The van der Waals surface area contributed by atoms with Gasteiger partial charge in [-0.05, 0) is 117 Å². The molecule has 5 atom stereocenters. The third-order valence-corrected chi connectivity index (χ3v) is 10.7. The Labute approximate surface area is 265 Å². The van der Waals surface area contributed by atoms with Crippen LogP contribution in [0.5, 0.6) is 5.75 Å². The van der Waals surface area contributed by atoms with Gasteiger partial charge in [0, 0.05) is 30.6 Å². The van der Waals surface area contributed by atoms with E-state index in [1.165, 1.54) is 23.8 Å². The van der Waals surface area contributed by atoms with E-state index >= 15 is 0 Å². The van der Waals surface area contributed by atoms with Gasteiger partial charge in [-0.3, -0.25) is 4.79 Å². The molecule has 2 unspecified atom stereocenters. The van der Waals surface area contributed by atoms with Crippen LogP contribution in [0.15, 0.2) is 48.0 Å². The van der Waals surface area contributed by atoms with Crippen LogP contribution >= 0.6 is 11.6 Å². The number of aryl methyl sites for hydroxylation is 1. The van der Waals surface area contributed by atoms with Crippen LogP contribution < -0.4 is 9.64 Å². The van der Waals surface area contributed by atoms with Gasteiger partial charge in [0.2, 0.25) is 0 Å². The minimum absolute atomic E-state index is 0.0347. The maximum Gasteiger partial charge on any atom is 0.337 e. The molecule has 0 bridgehead atoms. The molecule has 1 aliphatic heterocycles. The number of fused-ring (bicyclic) bond motifs is 3. The Hall–Kier alpha value is -3.03. The number of ether oxygens (including phenoxy) is 4. The Morgan fingerprint density at radius 3 is 2.68 bits per heavy atom. The number of halogens is 1. The van der Waals surface area contributed by atoms with Crippen molar-refractivity contribution in [2.75, 3.05) is 45.4 Å². The van der Waals surface area contributed by atoms with Gasteiger partial charge in [-0.2, -0.15) is 0 Å². The minimum Gasteiger partial charge on any atom is -0.490 e. The van der Waals surface area contributed by atoms with Crippen molar-refractivity contribution < 1.29 is 28.5 Å². The Morgan fingerprint density at radius 1 is 1.11 bits per heavy atom. The van der Waals surface area contributed by atoms with Crippen molar-refractivity contribution in [3.63, 3.8) is 0 Å². The highest BCUT2D eigenvalue weighted by Crippen LogP contribution is 2.48. The average molecular weight is 622 g/mol. The van der Waals surface area contributed by atoms with Gasteiger partial charge in [-0.25, -0.2) is 4.79 Å². The predicted molar refractivity (Wildman–Crippen MR) is 171 cm³/mol. The molecule has 2 aromatic rings. The summed E-state index contributed by atoms with van der Waals surface area (Å²) < 4.78 is 23.1. The summed E-state index contributed by atoms with van der Waals surface area (Å²) in [5.41, 5.74) is 5.22. The lowest BCUT2D eigenvalue weighted by Crippen LogP contribution is -2.50. The first kappa shape index (κ1) is 31.0. The van der Waals surface area contributed by atoms with Crippen LogP contribution in [-0.2, 0) is 30.8 Å². The van der Waals surface area contributed by atoms with Gasteiger partial charge in [0.25, 0.3) is 0 Å². The molecule has 0 amide bonds. The van der Waals surface area contributed by atoms with Crippen molar-refractivity contribution in [3.05, 3.63) is 69.8 Å². The normalized spacial score (nSPS) is 26.7. The van der Waals surface area contributed by atoms with Gasteiger partial charge in [-0.1, -0.05) is 23.7 Å². The molecule has 0 aromatic heterocycles. The summed E-state index contributed by atoms with van der Waals surface area (Å²) in [5, 5.41) is 0.770. The molecular formula is C36H44ClNO6. The van der Waals surface area contributed by atoms with Crippen LogP contribution in [-0.4, -0.2) is 58.6 Å². The number of rotatable bonds is 8. The molecule has 0 saturated heterocycles. The van der Waals surface area contributed by atoms with E-state index in [-0.39, 0.29) is 29.4 Å². The molecule has 8 heteroatoms. The number of methoxy groups -OCH3 is 2. The molecule has 0 radical (unpaired) electrons. The highest BCUT2D eigenvalue weighted by Gasteiger charge is 2.45. The zero-order valence-electron chi connectivity index (χ0n) is 26.1. The third-order valence-electron chi connectivity index (χ3n) is 10.5. The second kappa shape index (κ2) is 13.1. The van der Waals surface area contributed by atoms with Crippen molar-refractivity contribution in [2.45, 2.75) is 69.8 Å². The first-order chi connectivity index (χ1) is 21.4. The Kier molecular flexibility index (Phi) is 9.25. The number of benzene rings is 2. The van der Waals surface area contributed by atoms with Crippen molar-refractivity contribution in [1.29, 1.82) is 0 Å². The van der Waals surface area contributed by atoms with Crippen LogP contribution in [0.3, 0.4) is 0 Å². The van der Waals surface area contributed by atoms with E-state index in [1.54, 1.807) is 6.07 Å². The van der Waals surface area contributed by atoms with E-state index in [1.807, 2.05) is 32.2 Å². The van der Waals surface area contributed by atoms with E-state index in [0.29, 0.717) is 37.0 Å². The lowest BCUT2D eigenvalue weighted by Gasteiger charge is -2.47. The molecule has 4 aliphatic rings. The number of carbonyl (C=O) groups excluding carboxylic acids is 2. The van der Waals surface area contributed by atoms with E-state index in [4.69, 9.17) is 30.5 Å². The molecule has 1 saturated carbocycles. The Morgan fingerprint density at radius 2 is 1.98 bits per heavy atom. The SMILES string of the molecule is CCOC(=O)[C@H]1CC=C(C(OC)[C@@H]2CC[C@H]2CN2CC3(CCCc4cc(Cl)ccc43)COc3ccc(C(=O)OC)cc32)CC1. The number of hydrogen-bond donors (Lipinski definition) is 0. The lowest BCUT2D eigenvalue weighted by atomic mass is 9.66. The second-order valence-electron chi connectivity index (χ2n) is 12.9. The fourth-order valence-corrected chi connectivity index (χ4v) is 8.24. The zero-order chi connectivity index (χ0) is 30.8. The van der Waals surface area contributed by atoms with E-state index in [9.17, 15) is 9.59 Å². The summed E-state index contributed by atoms with van der Waals surface area (Å²) in [6, 6.07) is 12.0. The Bertz CT molecular complexity index is 1420. The Balaban J connectivity index is 1.28. The predicted octanol–water partition coefficient (Wildman–Crippen LogP) is 6.93. The number of anilines is 1. The summed E-state index contributed by atoms with van der Waals surface area (Å²) >= 11 is 6.43. The molecule has 3 aliphatic carbocycles. The van der Waals surface area contributed by atoms with Gasteiger partial charge >= 0.3 is 11.9 Å². The molecule has 44 heavy (non-hydrogen) atoms. The molecule has 1 spiro atoms. The van der Waals surface area contributed by atoms with Crippen molar-refractivity contribution in [2.24, 2.45) is 17.8 Å². The van der Waals surface area contributed by atoms with Gasteiger partial charge in [0.15, 0.2) is 0 Å². The molecule has 6 rings (SSSR count). The van der Waals surface area contributed by atoms with Crippen molar-refractivity contribution in [3.8, 4) is 5.75 Å². The number of hydrogen-bond acceptors (Lipinski definition) is 7. The summed E-state index contributed by atoms with van der Waals surface area (Å²) in [4.78, 5) is 27.4. The van der Waals surface area contributed by atoms with Crippen molar-refractivity contribution in [1.82, 2.24) is 0 Å². The summed E-state index contributed by atoms with van der Waals surface area (Å²) in [5.74, 6) is 1.10. The fourth-order valence-electron chi connectivity index (χ4n) is 8.05. The molecular weight excluding hydrogens is 578 g/mol. The monoisotopic (exact) mass is 621 g/mol. The summed E-state index contributed by atoms with van der Waals surface area (Å²) in [6.07, 6.45) is 9.98. The fraction of sp³-hybridized carbons (Fsp3) is 0.556. The molecule has 1 fully saturated rings. The van der Waals surface area contributed by atoms with Gasteiger partial charge < -0.3 is 23.8 Å². The number of carbonyl (C=O) groups is 2. The quantitative estimate of drug-likeness (QED) is 0.234. The van der Waals surface area contributed by atoms with Crippen LogP contribution in [0.4, 0.5) is 5.69 Å².